The zero-order valence-corrected chi connectivity index (χ0v) is 14.3. The molecule has 0 saturated carbocycles. The van der Waals surface area contributed by atoms with Gasteiger partial charge >= 0.3 is 0 Å². The lowest BCUT2D eigenvalue weighted by Gasteiger charge is -2.14. The Balaban J connectivity index is 1.98. The fourth-order valence-corrected chi connectivity index (χ4v) is 2.63. The van der Waals surface area contributed by atoms with Crippen LogP contribution in [0, 0.1) is 24.2 Å². The number of anilines is 1. The third kappa shape index (κ3) is 4.50. The fraction of sp³-hybridized carbons (Fsp3) is 0.444. The first kappa shape index (κ1) is 17.8. The molecule has 1 aromatic rings. The maximum atomic E-state index is 12.4. The molecule has 0 spiro atoms. The van der Waals surface area contributed by atoms with Gasteiger partial charge in [-0.15, -0.1) is 0 Å². The number of nitrogens with zero attached hydrogens (tertiary/aromatic N) is 1. The molecule has 0 bridgehead atoms. The Morgan fingerprint density at radius 3 is 2.71 bits per heavy atom. The summed E-state index contributed by atoms with van der Waals surface area (Å²) in [4.78, 5) is 28.1. The Morgan fingerprint density at radius 2 is 2.12 bits per heavy atom. The Morgan fingerprint density at radius 1 is 1.38 bits per heavy atom. The lowest BCUT2D eigenvalue weighted by Crippen LogP contribution is -2.31. The Bertz CT molecular complexity index is 682. The van der Waals surface area contributed by atoms with E-state index >= 15 is 0 Å². The first-order chi connectivity index (χ1) is 11.5. The molecule has 6 nitrogen and oxygen atoms in total. The maximum Gasteiger partial charge on any atom is 0.251 e. The summed E-state index contributed by atoms with van der Waals surface area (Å²) in [6.45, 7) is 6.05. The van der Waals surface area contributed by atoms with E-state index < -0.39 is 0 Å². The topological polar surface area (TPSA) is 94.9 Å². The second-order valence-electron chi connectivity index (χ2n) is 5.95. The number of pyridine rings is 1. The molecule has 6 heteroatoms. The van der Waals surface area contributed by atoms with E-state index in [1.807, 2.05) is 0 Å². The first-order valence-electron chi connectivity index (χ1n) is 8.26. The van der Waals surface area contributed by atoms with E-state index in [2.05, 4.69) is 28.6 Å². The molecule has 1 aromatic heterocycles. The van der Waals surface area contributed by atoms with Gasteiger partial charge in [0.05, 0.1) is 0 Å². The van der Waals surface area contributed by atoms with Gasteiger partial charge in [0.25, 0.3) is 5.91 Å². The van der Waals surface area contributed by atoms with Gasteiger partial charge in [-0.05, 0) is 25.5 Å². The molecular weight excluding hydrogens is 304 g/mol. The van der Waals surface area contributed by atoms with Gasteiger partial charge < -0.3 is 16.0 Å². The van der Waals surface area contributed by atoms with Crippen molar-refractivity contribution in [3.05, 3.63) is 35.0 Å². The molecule has 0 aliphatic heterocycles. The highest BCUT2D eigenvalue weighted by Gasteiger charge is 2.30. The predicted octanol–water partition coefficient (Wildman–Crippen LogP) is 2.70. The molecule has 0 saturated heterocycles. The minimum absolute atomic E-state index is 0.00565. The molecule has 2 atom stereocenters. The highest BCUT2D eigenvalue weighted by molar-refractivity contribution is 5.96. The van der Waals surface area contributed by atoms with Crippen molar-refractivity contribution < 1.29 is 9.59 Å². The normalized spacial score (nSPS) is 16.8. The summed E-state index contributed by atoms with van der Waals surface area (Å²) in [7, 11) is 0. The lowest BCUT2D eigenvalue weighted by molar-refractivity contribution is -0.115. The van der Waals surface area contributed by atoms with Crippen LogP contribution in [0.5, 0.6) is 0 Å². The zero-order valence-electron chi connectivity index (χ0n) is 14.3. The lowest BCUT2D eigenvalue weighted by atomic mass is 10.0. The summed E-state index contributed by atoms with van der Waals surface area (Å²) in [6.07, 6.45) is 4.89. The third-order valence-electron chi connectivity index (χ3n) is 4.10. The van der Waals surface area contributed by atoms with Crippen LogP contribution < -0.4 is 10.6 Å². The number of aromatic nitrogens is 1. The van der Waals surface area contributed by atoms with Gasteiger partial charge in [-0.25, -0.2) is 4.98 Å². The number of aryl methyl sites for hydroxylation is 1. The van der Waals surface area contributed by atoms with Crippen molar-refractivity contribution in [3.63, 3.8) is 0 Å². The summed E-state index contributed by atoms with van der Waals surface area (Å²) in [5.41, 5.74) is 2.47. The number of rotatable bonds is 8. The van der Waals surface area contributed by atoms with Crippen molar-refractivity contribution in [1.29, 1.82) is 5.41 Å². The van der Waals surface area contributed by atoms with Crippen LogP contribution >= 0.6 is 0 Å². The minimum atomic E-state index is -0.224. The molecule has 1 unspecified atom stereocenters. The largest absolute Gasteiger partial charge is 0.351 e. The molecule has 1 aliphatic rings. The minimum Gasteiger partial charge on any atom is -0.351 e. The van der Waals surface area contributed by atoms with Gasteiger partial charge in [-0.2, -0.15) is 0 Å². The van der Waals surface area contributed by atoms with Crippen LogP contribution in [-0.2, 0) is 4.79 Å². The van der Waals surface area contributed by atoms with Crippen molar-refractivity contribution in [2.45, 2.75) is 33.6 Å². The van der Waals surface area contributed by atoms with Gasteiger partial charge in [0.1, 0.15) is 5.82 Å². The number of carbonyl (C=O) groups excluding carboxylic acids is 2. The smallest absolute Gasteiger partial charge is 0.251 e. The van der Waals surface area contributed by atoms with Crippen LogP contribution in [0.3, 0.4) is 0 Å². The van der Waals surface area contributed by atoms with Crippen LogP contribution in [0.25, 0.3) is 0 Å². The fourth-order valence-electron chi connectivity index (χ4n) is 2.63. The monoisotopic (exact) mass is 328 g/mol. The standard InChI is InChI=1S/C18H24N4O2/c1-4-12-7-15(12)14(9-19)10-20-18(24)13-6-11(3)21-16(8-13)22-17(23)5-2/h6-9,14-15,19H,4-5,10H2,1-3H3,(H,20,24)(H,21,22,23)/t14?,15-/m1/s1. The van der Waals surface area contributed by atoms with E-state index in [0.717, 1.165) is 6.42 Å². The van der Waals surface area contributed by atoms with Crippen molar-refractivity contribution in [2.24, 2.45) is 11.8 Å². The number of allylic oxidation sites excluding steroid dienone is 2. The average molecular weight is 328 g/mol. The molecular formula is C18H24N4O2. The highest BCUT2D eigenvalue weighted by atomic mass is 16.2. The van der Waals surface area contributed by atoms with Crippen molar-refractivity contribution in [3.8, 4) is 0 Å². The molecule has 0 radical (unpaired) electrons. The van der Waals surface area contributed by atoms with Crippen LogP contribution in [0.1, 0.15) is 42.7 Å². The van der Waals surface area contributed by atoms with Crippen molar-refractivity contribution >= 4 is 23.8 Å². The molecule has 1 heterocycles. The summed E-state index contributed by atoms with van der Waals surface area (Å²) in [5.74, 6) is 0.332. The number of hydrogen-bond acceptors (Lipinski definition) is 4. The molecule has 3 N–H and O–H groups in total. The zero-order chi connectivity index (χ0) is 17.7. The molecule has 24 heavy (non-hydrogen) atoms. The molecule has 0 fully saturated rings. The predicted molar refractivity (Wildman–Crippen MR) is 94.4 cm³/mol. The van der Waals surface area contributed by atoms with Crippen LogP contribution in [0.15, 0.2) is 23.8 Å². The quantitative estimate of drug-likeness (QED) is 0.506. The van der Waals surface area contributed by atoms with Crippen LogP contribution in [-0.4, -0.2) is 29.6 Å². The number of carbonyl (C=O) groups is 2. The van der Waals surface area contributed by atoms with Crippen molar-refractivity contribution in [1.82, 2.24) is 10.3 Å². The molecule has 1 aliphatic carbocycles. The third-order valence-corrected chi connectivity index (χ3v) is 4.10. The number of hydrogen-bond donors (Lipinski definition) is 3. The van der Waals surface area contributed by atoms with E-state index in [1.54, 1.807) is 26.0 Å². The summed E-state index contributed by atoms with van der Waals surface area (Å²) >= 11 is 0. The van der Waals surface area contributed by atoms with Crippen LogP contribution in [0.2, 0.25) is 0 Å². The second kappa shape index (κ2) is 7.86. The molecule has 0 aromatic carbocycles. The van der Waals surface area contributed by atoms with Gasteiger partial charge in [0, 0.05) is 42.3 Å². The molecule has 2 rings (SSSR count). The summed E-state index contributed by atoms with van der Waals surface area (Å²) < 4.78 is 0. The van der Waals surface area contributed by atoms with Gasteiger partial charge in [0.15, 0.2) is 0 Å². The SMILES string of the molecule is CCC(=O)Nc1cc(C(=O)NCC(C=N)[C@@H]2C=C2CC)cc(C)n1. The molecule has 2 amide bonds. The number of nitrogens with one attached hydrogen (secondary N) is 3. The van der Waals surface area contributed by atoms with E-state index in [9.17, 15) is 9.59 Å². The van der Waals surface area contributed by atoms with E-state index in [1.165, 1.54) is 11.8 Å². The first-order valence-corrected chi connectivity index (χ1v) is 8.26. The Kier molecular flexibility index (Phi) is 5.84. The van der Waals surface area contributed by atoms with E-state index in [4.69, 9.17) is 5.41 Å². The van der Waals surface area contributed by atoms with Crippen molar-refractivity contribution in [2.75, 3.05) is 11.9 Å². The summed E-state index contributed by atoms with van der Waals surface area (Å²) in [5, 5.41) is 13.1. The Labute approximate surface area is 142 Å². The summed E-state index contributed by atoms with van der Waals surface area (Å²) in [6, 6.07) is 3.26. The second-order valence-corrected chi connectivity index (χ2v) is 5.95. The van der Waals surface area contributed by atoms with Gasteiger partial charge in [-0.3, -0.25) is 9.59 Å². The molecule has 128 valence electrons. The maximum absolute atomic E-state index is 12.4. The van der Waals surface area contributed by atoms with E-state index in [-0.39, 0.29) is 17.7 Å². The van der Waals surface area contributed by atoms with E-state index in [0.29, 0.717) is 36.0 Å². The number of amides is 2. The van der Waals surface area contributed by atoms with Gasteiger partial charge in [-0.1, -0.05) is 25.5 Å². The van der Waals surface area contributed by atoms with Gasteiger partial charge in [0.2, 0.25) is 5.91 Å². The van der Waals surface area contributed by atoms with Crippen LogP contribution in [0.4, 0.5) is 5.82 Å². The Hall–Kier alpha value is -2.50. The average Bonchev–Trinajstić information content (AvgIpc) is 3.34. The highest BCUT2D eigenvalue weighted by Crippen LogP contribution is 2.37.